The zero-order chi connectivity index (χ0) is 18.7. The van der Waals surface area contributed by atoms with Crippen LogP contribution in [0, 0.1) is 0 Å². The van der Waals surface area contributed by atoms with Crippen LogP contribution in [-0.2, 0) is 14.8 Å². The summed E-state index contributed by atoms with van der Waals surface area (Å²) < 4.78 is 31.7. The Balaban J connectivity index is 1.74. The van der Waals surface area contributed by atoms with Crippen molar-refractivity contribution >= 4 is 27.3 Å². The van der Waals surface area contributed by atoms with Crippen LogP contribution in [0.15, 0.2) is 46.0 Å². The molecule has 0 aliphatic carbocycles. The van der Waals surface area contributed by atoms with Crippen molar-refractivity contribution in [1.82, 2.24) is 9.21 Å². The van der Waals surface area contributed by atoms with Crippen LogP contribution in [-0.4, -0.2) is 50.8 Å². The van der Waals surface area contributed by atoms with Gasteiger partial charge in [-0.05, 0) is 42.0 Å². The predicted molar refractivity (Wildman–Crippen MR) is 101 cm³/mol. The number of carbonyl (C=O) groups excluding carboxylic acids is 1. The molecule has 0 saturated carbocycles. The number of methoxy groups -OCH3 is 1. The maximum absolute atomic E-state index is 12.8. The highest BCUT2D eigenvalue weighted by Crippen LogP contribution is 2.33. The number of rotatable bonds is 6. The van der Waals surface area contributed by atoms with Crippen LogP contribution in [0.3, 0.4) is 0 Å². The van der Waals surface area contributed by atoms with Crippen LogP contribution in [0.4, 0.5) is 0 Å². The van der Waals surface area contributed by atoms with Crippen LogP contribution >= 0.6 is 11.3 Å². The highest BCUT2D eigenvalue weighted by molar-refractivity contribution is 7.91. The van der Waals surface area contributed by atoms with Gasteiger partial charge in [-0.25, -0.2) is 8.42 Å². The molecule has 3 rings (SSSR count). The monoisotopic (exact) mass is 394 g/mol. The van der Waals surface area contributed by atoms with E-state index in [1.165, 1.54) is 7.05 Å². The molecule has 1 aromatic carbocycles. The zero-order valence-electron chi connectivity index (χ0n) is 14.8. The summed E-state index contributed by atoms with van der Waals surface area (Å²) >= 11 is 1.15. The third-order valence-corrected chi connectivity index (χ3v) is 7.75. The van der Waals surface area contributed by atoms with Crippen molar-refractivity contribution < 1.29 is 17.9 Å². The minimum absolute atomic E-state index is 0.0459. The molecular weight excluding hydrogens is 372 g/mol. The summed E-state index contributed by atoms with van der Waals surface area (Å²) in [6, 6.07) is 10.9. The number of ether oxygens (including phenoxy) is 1. The Hall–Kier alpha value is -1.90. The smallest absolute Gasteiger partial charge is 0.252 e. The number of hydrogen-bond donors (Lipinski definition) is 0. The van der Waals surface area contributed by atoms with E-state index in [2.05, 4.69) is 0 Å². The summed E-state index contributed by atoms with van der Waals surface area (Å²) in [5.41, 5.74) is 1.01. The van der Waals surface area contributed by atoms with Gasteiger partial charge >= 0.3 is 0 Å². The van der Waals surface area contributed by atoms with Gasteiger partial charge in [0.25, 0.3) is 10.0 Å². The molecule has 1 aliphatic rings. The number of benzene rings is 1. The Morgan fingerprint density at radius 3 is 2.85 bits per heavy atom. The third kappa shape index (κ3) is 3.77. The van der Waals surface area contributed by atoms with Gasteiger partial charge < -0.3 is 9.64 Å². The fourth-order valence-corrected chi connectivity index (χ4v) is 5.51. The number of thiophene rings is 1. The number of amides is 1. The number of hydrogen-bond acceptors (Lipinski definition) is 5. The number of carbonyl (C=O) groups is 1. The number of sulfonamides is 1. The summed E-state index contributed by atoms with van der Waals surface area (Å²) in [6.45, 7) is 0.467. The molecule has 0 bridgehead atoms. The molecule has 6 nitrogen and oxygen atoms in total. The van der Waals surface area contributed by atoms with Crippen LogP contribution in [0.25, 0.3) is 0 Å². The first-order chi connectivity index (χ1) is 12.4. The summed E-state index contributed by atoms with van der Waals surface area (Å²) in [6.07, 6.45) is 1.76. The van der Waals surface area contributed by atoms with E-state index in [9.17, 15) is 13.2 Å². The van der Waals surface area contributed by atoms with Gasteiger partial charge in [0.05, 0.1) is 19.7 Å². The lowest BCUT2D eigenvalue weighted by atomic mass is 10.0. The molecule has 8 heteroatoms. The van der Waals surface area contributed by atoms with Gasteiger partial charge in [-0.2, -0.15) is 4.31 Å². The topological polar surface area (TPSA) is 66.9 Å². The van der Waals surface area contributed by atoms with Crippen LogP contribution in [0.1, 0.15) is 24.4 Å². The molecule has 0 N–H and O–H groups in total. The van der Waals surface area contributed by atoms with Crippen molar-refractivity contribution in [3.8, 4) is 5.75 Å². The van der Waals surface area contributed by atoms with Crippen molar-refractivity contribution in [1.29, 1.82) is 0 Å². The molecular formula is C18H22N2O4S2. The molecule has 2 aromatic rings. The molecule has 0 radical (unpaired) electrons. The van der Waals surface area contributed by atoms with Crippen LogP contribution < -0.4 is 4.74 Å². The summed E-state index contributed by atoms with van der Waals surface area (Å²) in [5, 5.41) is 1.71. The van der Waals surface area contributed by atoms with Crippen LogP contribution in [0.5, 0.6) is 5.75 Å². The van der Waals surface area contributed by atoms with E-state index in [0.29, 0.717) is 6.54 Å². The summed E-state index contributed by atoms with van der Waals surface area (Å²) in [7, 11) is -0.569. The first-order valence-corrected chi connectivity index (χ1v) is 10.7. The molecule has 0 unspecified atom stereocenters. The van der Waals surface area contributed by atoms with Gasteiger partial charge in [0, 0.05) is 13.6 Å². The van der Waals surface area contributed by atoms with Gasteiger partial charge in [-0.3, -0.25) is 4.79 Å². The van der Waals surface area contributed by atoms with E-state index < -0.39 is 10.0 Å². The molecule has 1 atom stereocenters. The molecule has 2 heterocycles. The molecule has 1 saturated heterocycles. The Morgan fingerprint density at radius 2 is 2.15 bits per heavy atom. The van der Waals surface area contributed by atoms with E-state index in [-0.39, 0.29) is 22.7 Å². The fourth-order valence-electron chi connectivity index (χ4n) is 3.19. The van der Waals surface area contributed by atoms with Gasteiger partial charge in [-0.1, -0.05) is 18.2 Å². The number of nitrogens with zero attached hydrogens (tertiary/aromatic N) is 2. The van der Waals surface area contributed by atoms with Gasteiger partial charge in [-0.15, -0.1) is 11.3 Å². The lowest BCUT2D eigenvalue weighted by Gasteiger charge is -2.27. The normalized spacial score (nSPS) is 17.7. The quantitative estimate of drug-likeness (QED) is 0.756. The van der Waals surface area contributed by atoms with Gasteiger partial charge in [0.2, 0.25) is 5.91 Å². The largest absolute Gasteiger partial charge is 0.497 e. The van der Waals surface area contributed by atoms with E-state index >= 15 is 0 Å². The second-order valence-corrected chi connectivity index (χ2v) is 9.43. The summed E-state index contributed by atoms with van der Waals surface area (Å²) in [5.74, 6) is 0.567. The maximum atomic E-state index is 12.8. The van der Waals surface area contributed by atoms with Crippen molar-refractivity contribution in [2.75, 3.05) is 27.2 Å². The molecule has 0 spiro atoms. The molecule has 1 aliphatic heterocycles. The average Bonchev–Trinajstić information content (AvgIpc) is 3.33. The molecule has 140 valence electrons. The van der Waals surface area contributed by atoms with Crippen molar-refractivity contribution in [3.05, 3.63) is 47.3 Å². The molecule has 26 heavy (non-hydrogen) atoms. The van der Waals surface area contributed by atoms with Crippen LogP contribution in [0.2, 0.25) is 0 Å². The standard InChI is InChI=1S/C18H22N2O4S2/c1-19(26(22,23)18-9-5-11-25-18)13-17(21)20-10-4-8-16(20)14-6-3-7-15(12-14)24-2/h3,5-7,9,11-12,16H,4,8,10,13H2,1-2H3/t16-/m1/s1. The van der Waals surface area contributed by atoms with Crippen molar-refractivity contribution in [2.24, 2.45) is 0 Å². The molecule has 1 fully saturated rings. The third-order valence-electron chi connectivity index (χ3n) is 4.57. The van der Waals surface area contributed by atoms with E-state index in [0.717, 1.165) is 39.8 Å². The van der Waals surface area contributed by atoms with Crippen molar-refractivity contribution in [3.63, 3.8) is 0 Å². The van der Waals surface area contributed by atoms with Gasteiger partial charge in [0.15, 0.2) is 0 Å². The molecule has 1 aromatic heterocycles. The van der Waals surface area contributed by atoms with E-state index in [4.69, 9.17) is 4.74 Å². The SMILES string of the molecule is COc1cccc([C@H]2CCCN2C(=O)CN(C)S(=O)(=O)c2cccs2)c1. The number of likely N-dealkylation sites (tertiary alicyclic amines) is 1. The fraction of sp³-hybridized carbons (Fsp3) is 0.389. The summed E-state index contributed by atoms with van der Waals surface area (Å²) in [4.78, 5) is 14.6. The van der Waals surface area contributed by atoms with E-state index in [1.54, 1.807) is 29.5 Å². The average molecular weight is 395 g/mol. The first-order valence-electron chi connectivity index (χ1n) is 8.37. The highest BCUT2D eigenvalue weighted by Gasteiger charge is 2.32. The minimum Gasteiger partial charge on any atom is -0.497 e. The zero-order valence-corrected chi connectivity index (χ0v) is 16.4. The minimum atomic E-state index is -3.63. The Morgan fingerprint density at radius 1 is 1.35 bits per heavy atom. The Kier molecular flexibility index (Phi) is 5.64. The first kappa shape index (κ1) is 18.9. The van der Waals surface area contributed by atoms with Gasteiger partial charge in [0.1, 0.15) is 9.96 Å². The predicted octanol–water partition coefficient (Wildman–Crippen LogP) is 2.74. The maximum Gasteiger partial charge on any atom is 0.252 e. The lowest BCUT2D eigenvalue weighted by molar-refractivity contribution is -0.132. The van der Waals surface area contributed by atoms with E-state index in [1.807, 2.05) is 24.3 Å². The van der Waals surface area contributed by atoms with Crippen molar-refractivity contribution in [2.45, 2.75) is 23.1 Å². The molecule has 1 amide bonds. The highest BCUT2D eigenvalue weighted by atomic mass is 32.2. The number of likely N-dealkylation sites (N-methyl/N-ethyl adjacent to an activating group) is 1. The Bertz CT molecular complexity index is 865. The second kappa shape index (κ2) is 7.77. The Labute approximate surface area is 158 Å². The lowest BCUT2D eigenvalue weighted by Crippen LogP contribution is -2.40. The second-order valence-electron chi connectivity index (χ2n) is 6.21.